The summed E-state index contributed by atoms with van der Waals surface area (Å²) in [4.78, 5) is 13.4. The molecule has 4 rings (SSSR count). The molecular formula is C26H23ClN2O3S. The number of halogens is 1. The van der Waals surface area contributed by atoms with Crippen molar-refractivity contribution in [3.8, 4) is 26.7 Å². The lowest BCUT2D eigenvalue weighted by atomic mass is 10.1. The quantitative estimate of drug-likeness (QED) is 0.259. The Morgan fingerprint density at radius 2 is 1.79 bits per heavy atom. The van der Waals surface area contributed by atoms with Crippen molar-refractivity contribution in [2.75, 3.05) is 7.11 Å². The highest BCUT2D eigenvalue weighted by atomic mass is 35.5. The molecule has 2 heterocycles. The maximum absolute atomic E-state index is 11.3. The summed E-state index contributed by atoms with van der Waals surface area (Å²) in [6.45, 7) is 3.43. The molecule has 0 fully saturated rings. The largest absolute Gasteiger partial charge is 0.466 e. The molecule has 0 radical (unpaired) electrons. The van der Waals surface area contributed by atoms with Gasteiger partial charge in [0.05, 0.1) is 34.1 Å². The third-order valence-corrected chi connectivity index (χ3v) is 6.56. The van der Waals surface area contributed by atoms with E-state index in [2.05, 4.69) is 15.9 Å². The first-order chi connectivity index (χ1) is 15.8. The van der Waals surface area contributed by atoms with Crippen LogP contribution < -0.4 is 0 Å². The molecule has 2 aromatic heterocycles. The van der Waals surface area contributed by atoms with Crippen LogP contribution in [0, 0.1) is 0 Å². The van der Waals surface area contributed by atoms with E-state index in [0.717, 1.165) is 32.3 Å². The van der Waals surface area contributed by atoms with Gasteiger partial charge in [-0.2, -0.15) is 5.10 Å². The predicted molar refractivity (Wildman–Crippen MR) is 134 cm³/mol. The zero-order valence-corrected chi connectivity index (χ0v) is 20.0. The second-order valence-corrected chi connectivity index (χ2v) is 9.47. The highest BCUT2D eigenvalue weighted by Crippen LogP contribution is 2.38. The lowest BCUT2D eigenvalue weighted by molar-refractivity contribution is -0.134. The van der Waals surface area contributed by atoms with Gasteiger partial charge < -0.3 is 9.84 Å². The van der Waals surface area contributed by atoms with Gasteiger partial charge in [-0.3, -0.25) is 0 Å². The van der Waals surface area contributed by atoms with Crippen LogP contribution in [0.1, 0.15) is 25.1 Å². The first-order valence-electron chi connectivity index (χ1n) is 10.3. The number of aliphatic hydroxyl groups is 1. The molecule has 7 heteroatoms. The van der Waals surface area contributed by atoms with Crippen molar-refractivity contribution in [1.29, 1.82) is 0 Å². The van der Waals surface area contributed by atoms with E-state index < -0.39 is 5.60 Å². The van der Waals surface area contributed by atoms with Crippen LogP contribution in [0.2, 0.25) is 5.02 Å². The minimum atomic E-state index is -1.09. The molecule has 0 atom stereocenters. The second-order valence-electron chi connectivity index (χ2n) is 7.98. The number of methoxy groups -OCH3 is 1. The summed E-state index contributed by atoms with van der Waals surface area (Å²) >= 11 is 8.09. The van der Waals surface area contributed by atoms with Gasteiger partial charge in [-0.15, -0.1) is 11.3 Å². The van der Waals surface area contributed by atoms with Crippen molar-refractivity contribution in [3.63, 3.8) is 0 Å². The number of carbonyl (C=O) groups excluding carboxylic acids is 1. The normalized spacial score (nSPS) is 11.8. The van der Waals surface area contributed by atoms with Gasteiger partial charge in [-0.05, 0) is 61.4 Å². The van der Waals surface area contributed by atoms with Crippen molar-refractivity contribution in [2.45, 2.75) is 19.4 Å². The average molecular weight is 479 g/mol. The molecule has 0 aliphatic rings. The van der Waals surface area contributed by atoms with E-state index in [0.29, 0.717) is 10.7 Å². The Bertz CT molecular complexity index is 1310. The van der Waals surface area contributed by atoms with Crippen LogP contribution in [0.15, 0.2) is 72.8 Å². The van der Waals surface area contributed by atoms with Crippen LogP contribution in [-0.4, -0.2) is 28.0 Å². The van der Waals surface area contributed by atoms with Gasteiger partial charge in [-0.25, -0.2) is 9.48 Å². The van der Waals surface area contributed by atoms with Crippen molar-refractivity contribution in [2.24, 2.45) is 0 Å². The van der Waals surface area contributed by atoms with Gasteiger partial charge in [0.25, 0.3) is 0 Å². The molecule has 0 aliphatic heterocycles. The number of benzene rings is 2. The smallest absolute Gasteiger partial charge is 0.330 e. The third kappa shape index (κ3) is 5.09. The topological polar surface area (TPSA) is 64.3 Å². The molecule has 4 aromatic rings. The fourth-order valence-electron chi connectivity index (χ4n) is 3.28. The van der Waals surface area contributed by atoms with E-state index in [1.54, 1.807) is 35.9 Å². The number of thiophene rings is 1. The number of hydrogen-bond acceptors (Lipinski definition) is 5. The lowest BCUT2D eigenvalue weighted by Gasteiger charge is -2.13. The molecule has 168 valence electrons. The molecule has 2 aromatic carbocycles. The number of nitrogens with zero attached hydrogens (tertiary/aromatic N) is 2. The van der Waals surface area contributed by atoms with Gasteiger partial charge in [0.1, 0.15) is 5.60 Å². The fourth-order valence-corrected chi connectivity index (χ4v) is 4.51. The van der Waals surface area contributed by atoms with Crippen LogP contribution >= 0.6 is 22.9 Å². The van der Waals surface area contributed by atoms with Crippen molar-refractivity contribution in [3.05, 3.63) is 89.1 Å². The van der Waals surface area contributed by atoms with Gasteiger partial charge in [0.15, 0.2) is 0 Å². The summed E-state index contributed by atoms with van der Waals surface area (Å²) in [5, 5.41) is 15.8. The van der Waals surface area contributed by atoms with Crippen molar-refractivity contribution < 1.29 is 14.6 Å². The van der Waals surface area contributed by atoms with E-state index in [9.17, 15) is 9.90 Å². The highest BCUT2D eigenvalue weighted by Gasteiger charge is 2.24. The molecule has 0 spiro atoms. The molecule has 5 nitrogen and oxygen atoms in total. The number of para-hydroxylation sites is 1. The Morgan fingerprint density at radius 3 is 2.45 bits per heavy atom. The van der Waals surface area contributed by atoms with Gasteiger partial charge in [0, 0.05) is 11.0 Å². The number of esters is 1. The second kappa shape index (κ2) is 9.35. The summed E-state index contributed by atoms with van der Waals surface area (Å²) in [6, 6.07) is 21.5. The Hall–Kier alpha value is -3.19. The molecule has 0 bridgehead atoms. The van der Waals surface area contributed by atoms with Gasteiger partial charge in [-0.1, -0.05) is 48.0 Å². The number of rotatable bonds is 6. The Kier molecular flexibility index (Phi) is 6.51. The summed E-state index contributed by atoms with van der Waals surface area (Å²) < 4.78 is 6.41. The van der Waals surface area contributed by atoms with E-state index in [4.69, 9.17) is 11.6 Å². The van der Waals surface area contributed by atoms with Crippen molar-refractivity contribution in [1.82, 2.24) is 9.78 Å². The minimum Gasteiger partial charge on any atom is -0.466 e. The first-order valence-corrected chi connectivity index (χ1v) is 11.5. The van der Waals surface area contributed by atoms with Crippen LogP contribution in [0.25, 0.3) is 32.8 Å². The van der Waals surface area contributed by atoms with E-state index in [1.165, 1.54) is 13.2 Å². The minimum absolute atomic E-state index is 0.387. The van der Waals surface area contributed by atoms with Crippen LogP contribution in [0.3, 0.4) is 0 Å². The zero-order valence-electron chi connectivity index (χ0n) is 18.4. The molecular weight excluding hydrogens is 456 g/mol. The Labute approximate surface area is 201 Å². The van der Waals surface area contributed by atoms with Crippen LogP contribution in [-0.2, 0) is 15.1 Å². The molecule has 0 unspecified atom stereocenters. The van der Waals surface area contributed by atoms with Gasteiger partial charge >= 0.3 is 5.97 Å². The summed E-state index contributed by atoms with van der Waals surface area (Å²) in [7, 11) is 1.35. The molecule has 0 saturated carbocycles. The molecule has 1 N–H and O–H groups in total. The highest BCUT2D eigenvalue weighted by molar-refractivity contribution is 7.18. The molecule has 0 aliphatic carbocycles. The monoisotopic (exact) mass is 478 g/mol. The Morgan fingerprint density at radius 1 is 1.09 bits per heavy atom. The number of hydrogen-bond donors (Lipinski definition) is 1. The maximum atomic E-state index is 11.3. The third-order valence-electron chi connectivity index (χ3n) is 5.08. The fraction of sp³-hybridized carbons (Fsp3) is 0.154. The maximum Gasteiger partial charge on any atom is 0.330 e. The lowest BCUT2D eigenvalue weighted by Crippen LogP contribution is -2.16. The summed E-state index contributed by atoms with van der Waals surface area (Å²) in [5.74, 6) is -0.387. The Balaban J connectivity index is 1.70. The number of aromatic nitrogens is 2. The van der Waals surface area contributed by atoms with E-state index in [1.807, 2.05) is 60.7 Å². The number of ether oxygens (including phenoxy) is 1. The predicted octanol–water partition coefficient (Wildman–Crippen LogP) is 6.33. The van der Waals surface area contributed by atoms with Crippen LogP contribution in [0.4, 0.5) is 0 Å². The summed E-state index contributed by atoms with van der Waals surface area (Å²) in [5.41, 5.74) is 3.06. The van der Waals surface area contributed by atoms with Crippen LogP contribution in [0.5, 0.6) is 0 Å². The van der Waals surface area contributed by atoms with E-state index >= 15 is 0 Å². The van der Waals surface area contributed by atoms with Gasteiger partial charge in [0.2, 0.25) is 0 Å². The standard InChI is InChI=1S/C26H23ClN2O3S/c1-26(2,31)24-16-21(29(28-24)20-7-5-4-6-19(20)27)23-14-13-22(33-23)18-11-8-17(9-12-18)10-15-25(30)32-3/h4-16,31H,1-3H3. The van der Waals surface area contributed by atoms with E-state index in [-0.39, 0.29) is 5.97 Å². The first kappa shape index (κ1) is 23.0. The SMILES string of the molecule is COC(=O)C=Cc1ccc(-c2ccc(-c3cc(C(C)(C)O)nn3-c3ccccc3Cl)s2)cc1. The number of carbonyl (C=O) groups is 1. The van der Waals surface area contributed by atoms with Crippen molar-refractivity contribution >= 4 is 35.0 Å². The molecule has 33 heavy (non-hydrogen) atoms. The molecule has 0 amide bonds. The summed E-state index contributed by atoms with van der Waals surface area (Å²) in [6.07, 6.45) is 3.12. The molecule has 0 saturated heterocycles. The average Bonchev–Trinajstić information content (AvgIpc) is 3.45. The zero-order chi connectivity index (χ0) is 23.6.